The summed E-state index contributed by atoms with van der Waals surface area (Å²) in [6, 6.07) is 14.9. The Morgan fingerprint density at radius 1 is 1.28 bits per heavy atom. The van der Waals surface area contributed by atoms with Gasteiger partial charge >= 0.3 is 0 Å². The number of carbonyl (C=O) groups excluding carboxylic acids is 1. The summed E-state index contributed by atoms with van der Waals surface area (Å²) in [4.78, 5) is 13.9. The molecule has 5 nitrogen and oxygen atoms in total. The maximum Gasteiger partial charge on any atom is 0.258 e. The number of rotatable bonds is 7. The van der Waals surface area contributed by atoms with Gasteiger partial charge in [0.25, 0.3) is 5.91 Å². The van der Waals surface area contributed by atoms with E-state index < -0.39 is 0 Å². The van der Waals surface area contributed by atoms with Gasteiger partial charge in [-0.15, -0.1) is 0 Å². The zero-order chi connectivity index (χ0) is 18.2. The summed E-state index contributed by atoms with van der Waals surface area (Å²) in [5.41, 5.74) is 1.15. The quantitative estimate of drug-likeness (QED) is 0.840. The van der Waals surface area contributed by atoms with Crippen molar-refractivity contribution in [1.29, 1.82) is 5.26 Å². The number of likely N-dealkylation sites (N-methyl/N-ethyl adjacent to an activating group) is 1. The van der Waals surface area contributed by atoms with Crippen LogP contribution in [0.15, 0.2) is 48.5 Å². The lowest BCUT2D eigenvalue weighted by atomic mass is 10.1. The fraction of sp³-hybridized carbons (Fsp3) is 0.263. The largest absolute Gasteiger partial charge is 0.482 e. The van der Waals surface area contributed by atoms with Crippen LogP contribution in [0.3, 0.4) is 0 Å². The molecule has 1 amide bonds. The highest BCUT2D eigenvalue weighted by molar-refractivity contribution is 5.77. The Bertz CT molecular complexity index is 771. The normalized spacial score (nSPS) is 11.6. The minimum absolute atomic E-state index is 0.161. The molecule has 1 atom stereocenters. The zero-order valence-electron chi connectivity index (χ0n) is 14.2. The van der Waals surface area contributed by atoms with Crippen LogP contribution in [0.4, 0.5) is 4.39 Å². The molecule has 130 valence electrons. The molecule has 0 aromatic heterocycles. The van der Waals surface area contributed by atoms with Gasteiger partial charge in [-0.25, -0.2) is 4.39 Å². The molecule has 2 aromatic rings. The molecule has 0 aliphatic heterocycles. The molecule has 0 unspecified atom stereocenters. The average Bonchev–Trinajstić information content (AvgIpc) is 2.60. The molecule has 0 radical (unpaired) electrons. The number of hydrogen-bond acceptors (Lipinski definition) is 4. The Morgan fingerprint density at radius 3 is 2.72 bits per heavy atom. The summed E-state index contributed by atoms with van der Waals surface area (Å²) in [6.07, 6.45) is 0. The molecule has 6 heteroatoms. The van der Waals surface area contributed by atoms with E-state index in [0.29, 0.717) is 17.9 Å². The number of amides is 1. The van der Waals surface area contributed by atoms with Crippen LogP contribution in [0.25, 0.3) is 0 Å². The summed E-state index contributed by atoms with van der Waals surface area (Å²) in [7, 11) is 3.72. The molecular weight excluding hydrogens is 321 g/mol. The van der Waals surface area contributed by atoms with Gasteiger partial charge in [0.05, 0.1) is 11.6 Å². The SMILES string of the molecule is CN(C)[C@@H](CNC(=O)COc1ccccc1C#N)c1cccc(F)c1. The van der Waals surface area contributed by atoms with Gasteiger partial charge in [-0.3, -0.25) is 4.79 Å². The van der Waals surface area contributed by atoms with Crippen molar-refractivity contribution in [1.82, 2.24) is 10.2 Å². The predicted molar refractivity (Wildman–Crippen MR) is 92.5 cm³/mol. The molecule has 0 aliphatic rings. The summed E-state index contributed by atoms with van der Waals surface area (Å²) in [6.45, 7) is 0.126. The number of para-hydroxylation sites is 1. The van der Waals surface area contributed by atoms with Crippen molar-refractivity contribution in [3.63, 3.8) is 0 Å². The summed E-state index contributed by atoms with van der Waals surface area (Å²) >= 11 is 0. The van der Waals surface area contributed by atoms with Gasteiger partial charge in [-0.1, -0.05) is 24.3 Å². The Labute approximate surface area is 146 Å². The number of nitriles is 1. The van der Waals surface area contributed by atoms with Crippen LogP contribution in [-0.2, 0) is 4.79 Å². The Balaban J connectivity index is 1.92. The van der Waals surface area contributed by atoms with Crippen LogP contribution in [0.5, 0.6) is 5.75 Å². The zero-order valence-corrected chi connectivity index (χ0v) is 14.2. The monoisotopic (exact) mass is 341 g/mol. The van der Waals surface area contributed by atoms with Gasteiger partial charge in [0.1, 0.15) is 17.6 Å². The van der Waals surface area contributed by atoms with Crippen molar-refractivity contribution in [3.05, 3.63) is 65.5 Å². The first-order valence-corrected chi connectivity index (χ1v) is 7.81. The van der Waals surface area contributed by atoms with Crippen molar-refractivity contribution in [3.8, 4) is 11.8 Å². The molecule has 1 N–H and O–H groups in total. The van der Waals surface area contributed by atoms with Crippen LogP contribution >= 0.6 is 0 Å². The molecule has 0 saturated carbocycles. The van der Waals surface area contributed by atoms with Gasteiger partial charge in [0.2, 0.25) is 0 Å². The highest BCUT2D eigenvalue weighted by Gasteiger charge is 2.16. The third-order valence-electron chi connectivity index (χ3n) is 3.72. The minimum Gasteiger partial charge on any atom is -0.482 e. The van der Waals surface area contributed by atoms with E-state index in [0.717, 1.165) is 5.56 Å². The number of ether oxygens (including phenoxy) is 1. The van der Waals surface area contributed by atoms with E-state index in [4.69, 9.17) is 10.00 Å². The van der Waals surface area contributed by atoms with E-state index in [9.17, 15) is 9.18 Å². The lowest BCUT2D eigenvalue weighted by Crippen LogP contribution is -2.37. The van der Waals surface area contributed by atoms with Gasteiger partial charge in [-0.2, -0.15) is 5.26 Å². The van der Waals surface area contributed by atoms with Gasteiger partial charge < -0.3 is 15.0 Å². The topological polar surface area (TPSA) is 65.4 Å². The fourth-order valence-electron chi connectivity index (χ4n) is 2.40. The molecule has 2 aromatic carbocycles. The van der Waals surface area contributed by atoms with Crippen LogP contribution in [-0.4, -0.2) is 38.1 Å². The molecule has 0 saturated heterocycles. The lowest BCUT2D eigenvalue weighted by molar-refractivity contribution is -0.123. The summed E-state index contributed by atoms with van der Waals surface area (Å²) < 4.78 is 18.8. The Kier molecular flexibility index (Phi) is 6.49. The van der Waals surface area contributed by atoms with E-state index in [1.54, 1.807) is 30.3 Å². The molecule has 0 bridgehead atoms. The van der Waals surface area contributed by atoms with E-state index in [-0.39, 0.29) is 24.4 Å². The first-order valence-electron chi connectivity index (χ1n) is 7.81. The highest BCUT2D eigenvalue weighted by Crippen LogP contribution is 2.18. The molecule has 25 heavy (non-hydrogen) atoms. The summed E-state index contributed by atoms with van der Waals surface area (Å²) in [5, 5.41) is 11.8. The molecule has 0 spiro atoms. The van der Waals surface area contributed by atoms with E-state index in [1.165, 1.54) is 12.1 Å². The Hall–Kier alpha value is -2.91. The first-order chi connectivity index (χ1) is 12.0. The first kappa shape index (κ1) is 18.4. The molecule has 2 rings (SSSR count). The highest BCUT2D eigenvalue weighted by atomic mass is 19.1. The van der Waals surface area contributed by atoms with Crippen molar-refractivity contribution in [2.75, 3.05) is 27.2 Å². The van der Waals surface area contributed by atoms with Crippen molar-refractivity contribution < 1.29 is 13.9 Å². The molecular formula is C19H20FN3O2. The number of nitrogens with one attached hydrogen (secondary N) is 1. The minimum atomic E-state index is -0.313. The molecule has 0 fully saturated rings. The number of benzene rings is 2. The summed E-state index contributed by atoms with van der Waals surface area (Å²) in [5.74, 6) is -0.252. The van der Waals surface area contributed by atoms with Crippen LogP contribution < -0.4 is 10.1 Å². The van der Waals surface area contributed by atoms with Crippen molar-refractivity contribution >= 4 is 5.91 Å². The maximum absolute atomic E-state index is 13.4. The second-order valence-electron chi connectivity index (χ2n) is 5.74. The van der Waals surface area contributed by atoms with E-state index in [2.05, 4.69) is 5.32 Å². The molecule has 0 aliphatic carbocycles. The second kappa shape index (κ2) is 8.81. The maximum atomic E-state index is 13.4. The molecule has 0 heterocycles. The van der Waals surface area contributed by atoms with Crippen LogP contribution in [0, 0.1) is 17.1 Å². The second-order valence-corrected chi connectivity index (χ2v) is 5.74. The van der Waals surface area contributed by atoms with Crippen molar-refractivity contribution in [2.24, 2.45) is 0 Å². The number of nitrogens with zero attached hydrogens (tertiary/aromatic N) is 2. The number of carbonyl (C=O) groups is 1. The van der Waals surface area contributed by atoms with Gasteiger partial charge in [-0.05, 0) is 43.9 Å². The predicted octanol–water partition coefficient (Wildman–Crippen LogP) is 2.50. The van der Waals surface area contributed by atoms with Crippen molar-refractivity contribution in [2.45, 2.75) is 6.04 Å². The smallest absolute Gasteiger partial charge is 0.258 e. The van der Waals surface area contributed by atoms with E-state index in [1.807, 2.05) is 31.1 Å². The van der Waals surface area contributed by atoms with Gasteiger partial charge in [0, 0.05) is 6.54 Å². The van der Waals surface area contributed by atoms with Gasteiger partial charge in [0.15, 0.2) is 6.61 Å². The number of halogens is 1. The Morgan fingerprint density at radius 2 is 2.04 bits per heavy atom. The van der Waals surface area contributed by atoms with E-state index >= 15 is 0 Å². The third kappa shape index (κ3) is 5.30. The standard InChI is InChI=1S/C19H20FN3O2/c1-23(2)17(14-7-5-8-16(20)10-14)12-22-19(24)13-25-18-9-4-3-6-15(18)11-21/h3-10,17H,12-13H2,1-2H3,(H,22,24)/t17-/m0/s1. The fourth-order valence-corrected chi connectivity index (χ4v) is 2.40. The third-order valence-corrected chi connectivity index (χ3v) is 3.72. The average molecular weight is 341 g/mol. The lowest BCUT2D eigenvalue weighted by Gasteiger charge is -2.25. The van der Waals surface area contributed by atoms with Crippen LogP contribution in [0.1, 0.15) is 17.2 Å². The number of hydrogen-bond donors (Lipinski definition) is 1. The van der Waals surface area contributed by atoms with Crippen LogP contribution in [0.2, 0.25) is 0 Å².